The van der Waals surface area contributed by atoms with Crippen LogP contribution in [0.2, 0.25) is 0 Å². The standard InChI is InChI=1S/C18H33BNO3P/c1-4-14-16(12(2)17(19)21-14)22-24-20-11-7-10-15(20)18(3,23-24)13-8-5-6-9-13/h12-17H,4-11,19H2,1-3H3/t12?,14-,15+,16-,17-,18-,24+/m1/s1. The van der Waals surface area contributed by atoms with E-state index in [4.69, 9.17) is 13.8 Å². The zero-order valence-electron chi connectivity index (χ0n) is 15.7. The highest BCUT2D eigenvalue weighted by Gasteiger charge is 2.58. The van der Waals surface area contributed by atoms with E-state index in [2.05, 4.69) is 33.3 Å². The lowest BCUT2D eigenvalue weighted by Gasteiger charge is -2.34. The summed E-state index contributed by atoms with van der Waals surface area (Å²) in [6.45, 7) is 8.00. The van der Waals surface area contributed by atoms with Crippen molar-refractivity contribution < 1.29 is 13.8 Å². The molecule has 136 valence electrons. The van der Waals surface area contributed by atoms with Crippen molar-refractivity contribution in [3.8, 4) is 0 Å². The van der Waals surface area contributed by atoms with Gasteiger partial charge in [-0.3, -0.25) is 0 Å². The average molecular weight is 353 g/mol. The van der Waals surface area contributed by atoms with Crippen molar-refractivity contribution in [1.29, 1.82) is 0 Å². The summed E-state index contributed by atoms with van der Waals surface area (Å²) in [5, 5.41) is 0. The second-order valence-corrected chi connectivity index (χ2v) is 9.92. The molecule has 0 aromatic rings. The molecule has 0 radical (unpaired) electrons. The molecule has 1 aliphatic carbocycles. The Morgan fingerprint density at radius 2 is 2.00 bits per heavy atom. The highest BCUT2D eigenvalue weighted by molar-refractivity contribution is 7.45. The van der Waals surface area contributed by atoms with Gasteiger partial charge in [0.05, 0.1) is 17.8 Å². The van der Waals surface area contributed by atoms with Gasteiger partial charge in [0.1, 0.15) is 7.85 Å². The van der Waals surface area contributed by atoms with Gasteiger partial charge in [0, 0.05) is 24.5 Å². The van der Waals surface area contributed by atoms with Crippen molar-refractivity contribution in [2.24, 2.45) is 11.8 Å². The van der Waals surface area contributed by atoms with Gasteiger partial charge >= 0.3 is 0 Å². The molecule has 4 nitrogen and oxygen atoms in total. The smallest absolute Gasteiger partial charge is 0.260 e. The zero-order valence-corrected chi connectivity index (χ0v) is 16.6. The SMILES string of the molecule is B[C@@H]1O[C@H](CC)[C@H](O[P@@]2O[C@](C)(C3CCCC3)[C@@H]3CCCN32)C1C. The van der Waals surface area contributed by atoms with Gasteiger partial charge in [0.2, 0.25) is 0 Å². The van der Waals surface area contributed by atoms with Crippen LogP contribution < -0.4 is 0 Å². The number of ether oxygens (including phenoxy) is 1. The number of hydrogen-bond donors (Lipinski definition) is 0. The normalized spacial score (nSPS) is 50.0. The highest BCUT2D eigenvalue weighted by atomic mass is 31.2. The van der Waals surface area contributed by atoms with Crippen molar-refractivity contribution >= 4 is 16.4 Å². The number of rotatable bonds is 4. The van der Waals surface area contributed by atoms with Gasteiger partial charge in [0.25, 0.3) is 8.53 Å². The van der Waals surface area contributed by atoms with E-state index < -0.39 is 8.53 Å². The first kappa shape index (κ1) is 17.7. The summed E-state index contributed by atoms with van der Waals surface area (Å²) >= 11 is 0. The molecule has 3 heterocycles. The van der Waals surface area contributed by atoms with Gasteiger partial charge in [-0.05, 0) is 44.9 Å². The van der Waals surface area contributed by atoms with Crippen LogP contribution >= 0.6 is 8.53 Å². The first-order chi connectivity index (χ1) is 11.5. The molecule has 4 aliphatic rings. The Morgan fingerprint density at radius 1 is 1.25 bits per heavy atom. The van der Waals surface area contributed by atoms with Crippen molar-refractivity contribution in [3.63, 3.8) is 0 Å². The van der Waals surface area contributed by atoms with E-state index >= 15 is 0 Å². The van der Waals surface area contributed by atoms with E-state index in [1.807, 2.05) is 0 Å². The third-order valence-electron chi connectivity index (χ3n) is 7.17. The number of hydrogen-bond acceptors (Lipinski definition) is 4. The molecule has 0 N–H and O–H groups in total. The summed E-state index contributed by atoms with van der Waals surface area (Å²) in [5.74, 6) is 1.16. The minimum atomic E-state index is -0.925. The maximum Gasteiger partial charge on any atom is 0.260 e. The molecule has 1 unspecified atom stereocenters. The van der Waals surface area contributed by atoms with Crippen LogP contribution in [0, 0.1) is 11.8 Å². The first-order valence-corrected chi connectivity index (χ1v) is 11.3. The highest BCUT2D eigenvalue weighted by Crippen LogP contribution is 2.64. The molecule has 6 heteroatoms. The van der Waals surface area contributed by atoms with Gasteiger partial charge in [-0.1, -0.05) is 26.7 Å². The number of nitrogens with zero attached hydrogens (tertiary/aromatic N) is 1. The van der Waals surface area contributed by atoms with E-state index in [1.165, 1.54) is 38.5 Å². The summed E-state index contributed by atoms with van der Waals surface area (Å²) in [6, 6.07) is 0.856. The lowest BCUT2D eigenvalue weighted by molar-refractivity contribution is 0.00772. The van der Waals surface area contributed by atoms with E-state index in [9.17, 15) is 0 Å². The van der Waals surface area contributed by atoms with E-state index in [0.29, 0.717) is 12.0 Å². The molecule has 4 rings (SSSR count). The lowest BCUT2D eigenvalue weighted by atomic mass is 9.81. The van der Waals surface area contributed by atoms with Gasteiger partial charge in [-0.2, -0.15) is 0 Å². The molecule has 3 aliphatic heterocycles. The third kappa shape index (κ3) is 2.79. The summed E-state index contributed by atoms with van der Waals surface area (Å²) in [5.41, 5.74) is 0.00866. The van der Waals surface area contributed by atoms with E-state index in [0.717, 1.165) is 18.9 Å². The van der Waals surface area contributed by atoms with Crippen molar-refractivity contribution in [3.05, 3.63) is 0 Å². The largest absolute Gasteiger partial charge is 0.381 e. The van der Waals surface area contributed by atoms with Crippen molar-refractivity contribution in [1.82, 2.24) is 4.67 Å². The second kappa shape index (κ2) is 6.81. The fourth-order valence-corrected chi connectivity index (χ4v) is 7.71. The Kier molecular flexibility index (Phi) is 5.03. The van der Waals surface area contributed by atoms with Crippen LogP contribution in [-0.4, -0.2) is 48.9 Å². The maximum absolute atomic E-state index is 6.75. The molecule has 3 saturated heterocycles. The van der Waals surface area contributed by atoms with Crippen LogP contribution in [0.5, 0.6) is 0 Å². The topological polar surface area (TPSA) is 30.9 Å². The Morgan fingerprint density at radius 3 is 2.71 bits per heavy atom. The molecule has 0 aromatic heterocycles. The molecule has 7 atom stereocenters. The molecule has 0 aromatic carbocycles. The Hall–Kier alpha value is 0.335. The predicted molar refractivity (Wildman–Crippen MR) is 99.6 cm³/mol. The Bertz CT molecular complexity index is 464. The van der Waals surface area contributed by atoms with Crippen LogP contribution in [0.1, 0.15) is 65.7 Å². The first-order valence-electron chi connectivity index (χ1n) is 10.1. The van der Waals surface area contributed by atoms with Gasteiger partial charge in [-0.15, -0.1) is 0 Å². The molecule has 1 saturated carbocycles. The monoisotopic (exact) mass is 353 g/mol. The van der Waals surface area contributed by atoms with Gasteiger partial charge in [0.15, 0.2) is 0 Å². The second-order valence-electron chi connectivity index (χ2n) is 8.53. The Balaban J connectivity index is 1.51. The van der Waals surface area contributed by atoms with Gasteiger partial charge in [-0.25, -0.2) is 4.67 Å². The summed E-state index contributed by atoms with van der Waals surface area (Å²) in [7, 11) is 1.26. The summed E-state index contributed by atoms with van der Waals surface area (Å²) in [6.07, 6.45) is 9.41. The fourth-order valence-electron chi connectivity index (χ4n) is 5.42. The van der Waals surface area contributed by atoms with Crippen LogP contribution in [0.3, 0.4) is 0 Å². The molecule has 24 heavy (non-hydrogen) atoms. The minimum Gasteiger partial charge on any atom is -0.381 e. The van der Waals surface area contributed by atoms with E-state index in [-0.39, 0.29) is 23.8 Å². The molecule has 0 amide bonds. The zero-order chi connectivity index (χ0) is 16.9. The summed E-state index contributed by atoms with van der Waals surface area (Å²) in [4.78, 5) is 0. The van der Waals surface area contributed by atoms with Gasteiger partial charge < -0.3 is 13.8 Å². The van der Waals surface area contributed by atoms with E-state index in [1.54, 1.807) is 0 Å². The minimum absolute atomic E-state index is 0.00866. The molecular formula is C18H33BNO3P. The predicted octanol–water partition coefficient (Wildman–Crippen LogP) is 3.45. The van der Waals surface area contributed by atoms with Crippen molar-refractivity contribution in [2.75, 3.05) is 6.54 Å². The van der Waals surface area contributed by atoms with Crippen LogP contribution in [0.4, 0.5) is 0 Å². The quantitative estimate of drug-likeness (QED) is 0.572. The lowest BCUT2D eigenvalue weighted by Crippen LogP contribution is -2.44. The number of fused-ring (bicyclic) bond motifs is 1. The molecular weight excluding hydrogens is 320 g/mol. The van der Waals surface area contributed by atoms with Crippen molar-refractivity contribution in [2.45, 2.75) is 95.6 Å². The van der Waals surface area contributed by atoms with Crippen LogP contribution in [0.15, 0.2) is 0 Å². The maximum atomic E-state index is 6.75. The fraction of sp³-hybridized carbons (Fsp3) is 1.00. The molecule has 0 spiro atoms. The van der Waals surface area contributed by atoms with Crippen LogP contribution in [0.25, 0.3) is 0 Å². The Labute approximate surface area is 149 Å². The average Bonchev–Trinajstić information content (AvgIpc) is 3.32. The third-order valence-corrected chi connectivity index (χ3v) is 9.04. The summed E-state index contributed by atoms with van der Waals surface area (Å²) < 4.78 is 22.1. The van der Waals surface area contributed by atoms with Crippen LogP contribution in [-0.2, 0) is 13.8 Å². The molecule has 0 bridgehead atoms. The molecule has 4 fully saturated rings.